The molecule has 1 N–H and O–H groups in total. The summed E-state index contributed by atoms with van der Waals surface area (Å²) < 4.78 is 6.28. The van der Waals surface area contributed by atoms with E-state index in [1.54, 1.807) is 11.3 Å². The molecule has 1 aromatic rings. The van der Waals surface area contributed by atoms with Crippen molar-refractivity contribution in [3.63, 3.8) is 0 Å². The van der Waals surface area contributed by atoms with Crippen LogP contribution < -0.4 is 5.32 Å². The first-order valence-corrected chi connectivity index (χ1v) is 7.40. The molecule has 2 nitrogen and oxygen atoms in total. The van der Waals surface area contributed by atoms with Gasteiger partial charge in [0.05, 0.1) is 4.34 Å². The lowest BCUT2D eigenvalue weighted by Gasteiger charge is -2.34. The van der Waals surface area contributed by atoms with Crippen LogP contribution in [0.1, 0.15) is 38.3 Å². The summed E-state index contributed by atoms with van der Waals surface area (Å²) in [5.41, 5.74) is 1.67. The molecule has 1 aromatic heterocycles. The molecule has 0 aromatic carbocycles. The molecule has 0 radical (unpaired) electrons. The minimum atomic E-state index is 0.374. The average molecular weight is 274 g/mol. The predicted octanol–water partition coefficient (Wildman–Crippen LogP) is 3.87. The molecule has 1 atom stereocenters. The van der Waals surface area contributed by atoms with E-state index in [4.69, 9.17) is 16.3 Å². The molecule has 0 spiro atoms. The summed E-state index contributed by atoms with van der Waals surface area (Å²) >= 11 is 7.55. The van der Waals surface area contributed by atoms with Crippen LogP contribution in [-0.4, -0.2) is 19.8 Å². The van der Waals surface area contributed by atoms with E-state index in [0.29, 0.717) is 11.5 Å². The highest BCUT2D eigenvalue weighted by Gasteiger charge is 2.27. The first-order chi connectivity index (χ1) is 8.09. The fraction of sp³-hybridized carbons (Fsp3) is 0.692. The van der Waals surface area contributed by atoms with Crippen molar-refractivity contribution in [3.05, 3.63) is 21.3 Å². The lowest BCUT2D eigenvalue weighted by Crippen LogP contribution is -2.37. The van der Waals surface area contributed by atoms with Crippen LogP contribution in [0.2, 0.25) is 4.34 Å². The molecule has 2 rings (SSSR count). The first-order valence-electron chi connectivity index (χ1n) is 6.14. The Morgan fingerprint density at radius 1 is 1.53 bits per heavy atom. The molecular formula is C13H20ClNOS. The van der Waals surface area contributed by atoms with Crippen LogP contribution in [0.3, 0.4) is 0 Å². The quantitative estimate of drug-likeness (QED) is 0.899. The Balaban J connectivity index is 1.85. The summed E-state index contributed by atoms with van der Waals surface area (Å²) in [6.07, 6.45) is 2.30. The summed E-state index contributed by atoms with van der Waals surface area (Å²) in [6, 6.07) is 2.43. The maximum absolute atomic E-state index is 5.95. The third kappa shape index (κ3) is 3.68. The van der Waals surface area contributed by atoms with E-state index in [-0.39, 0.29) is 0 Å². The fourth-order valence-corrected chi connectivity index (χ4v) is 3.09. The van der Waals surface area contributed by atoms with Crippen LogP contribution in [0, 0.1) is 5.41 Å². The Morgan fingerprint density at radius 2 is 2.24 bits per heavy atom. The second kappa shape index (κ2) is 5.70. The van der Waals surface area contributed by atoms with Crippen LogP contribution >= 0.6 is 22.9 Å². The standard InChI is InChI=1S/C13H20ClNOS/c1-10(11-7-12(14)17-8-11)15-9-13(2)3-5-16-6-4-13/h7-8,10,15H,3-6,9H2,1-2H3. The van der Waals surface area contributed by atoms with Crippen molar-refractivity contribution < 1.29 is 4.74 Å². The van der Waals surface area contributed by atoms with Crippen molar-refractivity contribution in [1.29, 1.82) is 0 Å². The van der Waals surface area contributed by atoms with Gasteiger partial charge in [-0.15, -0.1) is 11.3 Å². The van der Waals surface area contributed by atoms with Gasteiger partial charge in [0.25, 0.3) is 0 Å². The van der Waals surface area contributed by atoms with Gasteiger partial charge in [0.1, 0.15) is 0 Å². The highest BCUT2D eigenvalue weighted by atomic mass is 35.5. The van der Waals surface area contributed by atoms with E-state index in [0.717, 1.165) is 36.9 Å². The van der Waals surface area contributed by atoms with Gasteiger partial charge in [0.2, 0.25) is 0 Å². The second-order valence-electron chi connectivity index (χ2n) is 5.21. The zero-order valence-electron chi connectivity index (χ0n) is 10.5. The van der Waals surface area contributed by atoms with E-state index in [1.807, 2.05) is 0 Å². The number of hydrogen-bond acceptors (Lipinski definition) is 3. The Hall–Kier alpha value is -0.0900. The van der Waals surface area contributed by atoms with Crippen molar-refractivity contribution in [2.24, 2.45) is 5.41 Å². The molecule has 1 aliphatic rings. The first kappa shape index (κ1) is 13.3. The molecule has 96 valence electrons. The number of nitrogens with one attached hydrogen (secondary N) is 1. The third-order valence-electron chi connectivity index (χ3n) is 3.62. The van der Waals surface area contributed by atoms with Gasteiger partial charge in [0.15, 0.2) is 0 Å². The summed E-state index contributed by atoms with van der Waals surface area (Å²) in [7, 11) is 0. The van der Waals surface area contributed by atoms with E-state index >= 15 is 0 Å². The third-order valence-corrected chi connectivity index (χ3v) is 4.73. The number of hydrogen-bond donors (Lipinski definition) is 1. The zero-order valence-corrected chi connectivity index (χ0v) is 12.0. The lowest BCUT2D eigenvalue weighted by atomic mass is 9.82. The molecule has 1 aliphatic heterocycles. The monoisotopic (exact) mass is 273 g/mol. The molecule has 1 saturated heterocycles. The SMILES string of the molecule is CC(NCC1(C)CCOCC1)c1csc(Cl)c1. The molecule has 0 bridgehead atoms. The molecule has 4 heteroatoms. The highest BCUT2D eigenvalue weighted by molar-refractivity contribution is 7.14. The van der Waals surface area contributed by atoms with Crippen molar-refractivity contribution >= 4 is 22.9 Å². The zero-order chi connectivity index (χ0) is 12.3. The van der Waals surface area contributed by atoms with Crippen molar-refractivity contribution in [3.8, 4) is 0 Å². The number of halogens is 1. The van der Waals surface area contributed by atoms with E-state index in [9.17, 15) is 0 Å². The lowest BCUT2D eigenvalue weighted by molar-refractivity contribution is 0.0231. The summed E-state index contributed by atoms with van der Waals surface area (Å²) in [6.45, 7) is 7.38. The molecular weight excluding hydrogens is 254 g/mol. The minimum Gasteiger partial charge on any atom is -0.381 e. The number of thiophene rings is 1. The van der Waals surface area contributed by atoms with Crippen molar-refractivity contribution in [2.75, 3.05) is 19.8 Å². The van der Waals surface area contributed by atoms with Crippen LogP contribution in [0.15, 0.2) is 11.4 Å². The van der Waals surface area contributed by atoms with Gasteiger partial charge in [-0.05, 0) is 42.2 Å². The summed E-state index contributed by atoms with van der Waals surface area (Å²) in [4.78, 5) is 0. The van der Waals surface area contributed by atoms with E-state index < -0.39 is 0 Å². The number of ether oxygens (including phenoxy) is 1. The van der Waals surface area contributed by atoms with Crippen LogP contribution in [0.5, 0.6) is 0 Å². The highest BCUT2D eigenvalue weighted by Crippen LogP contribution is 2.30. The fourth-order valence-electron chi connectivity index (χ4n) is 2.11. The summed E-state index contributed by atoms with van der Waals surface area (Å²) in [5, 5.41) is 5.75. The molecule has 17 heavy (non-hydrogen) atoms. The van der Waals surface area contributed by atoms with Gasteiger partial charge in [-0.25, -0.2) is 0 Å². The Bertz CT molecular complexity index is 360. The second-order valence-corrected chi connectivity index (χ2v) is 6.75. The van der Waals surface area contributed by atoms with Crippen LogP contribution in [-0.2, 0) is 4.74 Å². The van der Waals surface area contributed by atoms with Crippen LogP contribution in [0.25, 0.3) is 0 Å². The smallest absolute Gasteiger partial charge is 0.0931 e. The van der Waals surface area contributed by atoms with Gasteiger partial charge in [-0.2, -0.15) is 0 Å². The summed E-state index contributed by atoms with van der Waals surface area (Å²) in [5.74, 6) is 0. The largest absolute Gasteiger partial charge is 0.381 e. The number of rotatable bonds is 4. The molecule has 1 unspecified atom stereocenters. The maximum atomic E-state index is 5.95. The predicted molar refractivity (Wildman–Crippen MR) is 73.9 cm³/mol. The van der Waals surface area contributed by atoms with Gasteiger partial charge in [-0.3, -0.25) is 0 Å². The normalized spacial score (nSPS) is 21.4. The Labute approximate surface area is 112 Å². The molecule has 0 aliphatic carbocycles. The van der Waals surface area contributed by atoms with Gasteiger partial charge >= 0.3 is 0 Å². The van der Waals surface area contributed by atoms with Gasteiger partial charge in [0, 0.05) is 25.8 Å². The molecule has 0 amide bonds. The van der Waals surface area contributed by atoms with E-state index in [1.165, 1.54) is 5.56 Å². The van der Waals surface area contributed by atoms with Crippen LogP contribution in [0.4, 0.5) is 0 Å². The van der Waals surface area contributed by atoms with Crippen molar-refractivity contribution in [1.82, 2.24) is 5.32 Å². The average Bonchev–Trinajstić information content (AvgIpc) is 2.74. The maximum Gasteiger partial charge on any atom is 0.0931 e. The van der Waals surface area contributed by atoms with Gasteiger partial charge in [-0.1, -0.05) is 18.5 Å². The topological polar surface area (TPSA) is 21.3 Å². The molecule has 2 heterocycles. The molecule has 0 saturated carbocycles. The van der Waals surface area contributed by atoms with E-state index in [2.05, 4.69) is 30.6 Å². The van der Waals surface area contributed by atoms with Gasteiger partial charge < -0.3 is 10.1 Å². The Kier molecular flexibility index (Phi) is 4.47. The van der Waals surface area contributed by atoms with Crippen molar-refractivity contribution in [2.45, 2.75) is 32.7 Å². The Morgan fingerprint density at radius 3 is 2.82 bits per heavy atom. The minimum absolute atomic E-state index is 0.374. The molecule has 1 fully saturated rings.